The standard InChI is InChI=1S/C28H21N5O2S/c29-15-18-9-11-19(12-10-18)33-27(35)21-6-2-4-8-24(21)31-28(33)36-17-26(34)32-14-13-25-22(16-32)20-5-1-3-7-23(20)30-25/h1-12,30H,13-14,16-17H2. The lowest BCUT2D eigenvalue weighted by Gasteiger charge is -2.27. The minimum Gasteiger partial charge on any atom is -0.358 e. The molecule has 176 valence electrons. The van der Waals surface area contributed by atoms with Crippen LogP contribution in [0.25, 0.3) is 27.5 Å². The minimum atomic E-state index is -0.207. The third-order valence-corrected chi connectivity index (χ3v) is 7.48. The summed E-state index contributed by atoms with van der Waals surface area (Å²) in [5, 5.41) is 11.2. The lowest BCUT2D eigenvalue weighted by atomic mass is 10.0. The van der Waals surface area contributed by atoms with Crippen molar-refractivity contribution < 1.29 is 4.79 Å². The molecule has 1 N–H and O–H groups in total. The van der Waals surface area contributed by atoms with Crippen LogP contribution in [0, 0.1) is 11.3 Å². The topological polar surface area (TPSA) is 94.8 Å². The second kappa shape index (κ2) is 9.02. The number of hydrogen-bond donors (Lipinski definition) is 1. The van der Waals surface area contributed by atoms with Crippen molar-refractivity contribution in [3.63, 3.8) is 0 Å². The molecular weight excluding hydrogens is 470 g/mol. The number of para-hydroxylation sites is 2. The average Bonchev–Trinajstić information content (AvgIpc) is 3.30. The maximum atomic E-state index is 13.4. The van der Waals surface area contributed by atoms with Crippen LogP contribution in [0.4, 0.5) is 0 Å². The summed E-state index contributed by atoms with van der Waals surface area (Å²) in [7, 11) is 0. The van der Waals surface area contributed by atoms with Gasteiger partial charge >= 0.3 is 0 Å². The Kier molecular flexibility index (Phi) is 5.55. The van der Waals surface area contributed by atoms with Crippen LogP contribution in [0.3, 0.4) is 0 Å². The number of H-pyrrole nitrogens is 1. The number of thioether (sulfide) groups is 1. The highest BCUT2D eigenvalue weighted by atomic mass is 32.2. The lowest BCUT2D eigenvalue weighted by molar-refractivity contribution is -0.129. The van der Waals surface area contributed by atoms with Crippen LogP contribution >= 0.6 is 11.8 Å². The number of nitrogens with one attached hydrogen (secondary N) is 1. The molecule has 3 aromatic carbocycles. The summed E-state index contributed by atoms with van der Waals surface area (Å²) in [5.74, 6) is 0.170. The number of nitriles is 1. The summed E-state index contributed by atoms with van der Waals surface area (Å²) in [6.07, 6.45) is 0.782. The molecule has 1 aliphatic heterocycles. The zero-order valence-electron chi connectivity index (χ0n) is 19.3. The van der Waals surface area contributed by atoms with Crippen LogP contribution < -0.4 is 5.56 Å². The molecule has 0 saturated heterocycles. The number of carbonyl (C=O) groups is 1. The maximum absolute atomic E-state index is 13.4. The van der Waals surface area contributed by atoms with E-state index < -0.39 is 0 Å². The summed E-state index contributed by atoms with van der Waals surface area (Å²) < 4.78 is 1.52. The van der Waals surface area contributed by atoms with Crippen molar-refractivity contribution in [3.05, 3.63) is 100.0 Å². The number of nitrogens with zero attached hydrogens (tertiary/aromatic N) is 4. The molecule has 0 unspecified atom stereocenters. The summed E-state index contributed by atoms with van der Waals surface area (Å²) in [6.45, 7) is 1.21. The van der Waals surface area contributed by atoms with Crippen molar-refractivity contribution in [2.24, 2.45) is 0 Å². The molecule has 3 heterocycles. The molecule has 1 amide bonds. The number of aromatic amines is 1. The van der Waals surface area contributed by atoms with Gasteiger partial charge in [-0.15, -0.1) is 0 Å². The number of carbonyl (C=O) groups excluding carboxylic acids is 1. The van der Waals surface area contributed by atoms with E-state index in [1.165, 1.54) is 27.6 Å². The van der Waals surface area contributed by atoms with Crippen molar-refractivity contribution >= 4 is 39.5 Å². The van der Waals surface area contributed by atoms with Gasteiger partial charge in [0.15, 0.2) is 5.16 Å². The molecule has 7 nitrogen and oxygen atoms in total. The Morgan fingerprint density at radius 3 is 2.58 bits per heavy atom. The van der Waals surface area contributed by atoms with Crippen LogP contribution in [0.5, 0.6) is 0 Å². The van der Waals surface area contributed by atoms with Crippen molar-refractivity contribution in [2.45, 2.75) is 18.1 Å². The van der Waals surface area contributed by atoms with Gasteiger partial charge in [0.05, 0.1) is 34.0 Å². The molecule has 1 aliphatic rings. The van der Waals surface area contributed by atoms with Gasteiger partial charge in [0.2, 0.25) is 5.91 Å². The Bertz CT molecular complexity index is 1730. The fraction of sp³-hybridized carbons (Fsp3) is 0.143. The second-order valence-electron chi connectivity index (χ2n) is 8.69. The van der Waals surface area contributed by atoms with E-state index >= 15 is 0 Å². The predicted octanol–water partition coefficient (Wildman–Crippen LogP) is 4.42. The molecule has 0 saturated carbocycles. The third-order valence-electron chi connectivity index (χ3n) is 6.56. The van der Waals surface area contributed by atoms with Gasteiger partial charge in [0.1, 0.15) is 0 Å². The van der Waals surface area contributed by atoms with E-state index in [0.717, 1.165) is 17.3 Å². The highest BCUT2D eigenvalue weighted by Gasteiger charge is 2.24. The Morgan fingerprint density at radius 1 is 1.03 bits per heavy atom. The molecule has 5 aromatic rings. The number of aromatic nitrogens is 3. The number of rotatable bonds is 4. The van der Waals surface area contributed by atoms with E-state index in [1.807, 2.05) is 23.1 Å². The largest absolute Gasteiger partial charge is 0.358 e. The molecule has 36 heavy (non-hydrogen) atoms. The fourth-order valence-corrected chi connectivity index (χ4v) is 5.63. The summed E-state index contributed by atoms with van der Waals surface area (Å²) >= 11 is 1.26. The van der Waals surface area contributed by atoms with Crippen molar-refractivity contribution in [1.29, 1.82) is 5.26 Å². The first-order valence-corrected chi connectivity index (χ1v) is 12.6. The normalized spacial score (nSPS) is 13.0. The average molecular weight is 492 g/mol. The first-order chi connectivity index (χ1) is 17.6. The minimum absolute atomic E-state index is 0.00437. The highest BCUT2D eigenvalue weighted by molar-refractivity contribution is 7.99. The van der Waals surface area contributed by atoms with Crippen molar-refractivity contribution in [2.75, 3.05) is 12.3 Å². The van der Waals surface area contributed by atoms with Crippen LogP contribution in [-0.2, 0) is 17.8 Å². The monoisotopic (exact) mass is 491 g/mol. The molecule has 0 atom stereocenters. The zero-order valence-corrected chi connectivity index (χ0v) is 20.1. The summed E-state index contributed by atoms with van der Waals surface area (Å²) in [4.78, 5) is 36.8. The SMILES string of the molecule is N#Cc1ccc(-n2c(SCC(=O)N3CCc4[nH]c5ccccc5c4C3)nc3ccccc3c2=O)cc1. The second-order valence-corrected chi connectivity index (χ2v) is 9.63. The lowest BCUT2D eigenvalue weighted by Crippen LogP contribution is -2.37. The number of amides is 1. The van der Waals surface area contributed by atoms with Crippen LogP contribution in [0.1, 0.15) is 16.8 Å². The molecular formula is C28H21N5O2S. The molecule has 6 rings (SSSR count). The molecule has 0 aliphatic carbocycles. The number of benzene rings is 3. The molecule has 2 aromatic heterocycles. The van der Waals surface area contributed by atoms with Crippen molar-refractivity contribution in [3.8, 4) is 11.8 Å². The van der Waals surface area contributed by atoms with E-state index in [0.29, 0.717) is 40.4 Å². The first-order valence-electron chi connectivity index (χ1n) is 11.6. The predicted molar refractivity (Wildman–Crippen MR) is 140 cm³/mol. The van der Waals surface area contributed by atoms with Gasteiger partial charge in [0.25, 0.3) is 5.56 Å². The highest BCUT2D eigenvalue weighted by Crippen LogP contribution is 2.28. The molecule has 0 bridgehead atoms. The van der Waals surface area contributed by atoms with Crippen molar-refractivity contribution in [1.82, 2.24) is 19.4 Å². The Hall–Kier alpha value is -4.35. The van der Waals surface area contributed by atoms with E-state index in [9.17, 15) is 9.59 Å². The van der Waals surface area contributed by atoms with Crippen LogP contribution in [0.15, 0.2) is 82.7 Å². The molecule has 8 heteroatoms. The van der Waals surface area contributed by atoms with Crippen LogP contribution in [0.2, 0.25) is 0 Å². The smallest absolute Gasteiger partial charge is 0.266 e. The number of fused-ring (bicyclic) bond motifs is 4. The maximum Gasteiger partial charge on any atom is 0.266 e. The van der Waals surface area contributed by atoms with E-state index in [4.69, 9.17) is 10.2 Å². The number of hydrogen-bond acceptors (Lipinski definition) is 5. The first kappa shape index (κ1) is 22.1. The Balaban J connectivity index is 1.30. The molecule has 0 fully saturated rings. The quantitative estimate of drug-likeness (QED) is 0.297. The van der Waals surface area contributed by atoms with E-state index in [-0.39, 0.29) is 17.2 Å². The third kappa shape index (κ3) is 3.84. The van der Waals surface area contributed by atoms with Gasteiger partial charge < -0.3 is 9.88 Å². The zero-order chi connectivity index (χ0) is 24.6. The van der Waals surface area contributed by atoms with Gasteiger partial charge in [-0.2, -0.15) is 5.26 Å². The van der Waals surface area contributed by atoms with Gasteiger partial charge in [-0.3, -0.25) is 14.2 Å². The van der Waals surface area contributed by atoms with Gasteiger partial charge in [-0.1, -0.05) is 42.1 Å². The molecule has 0 spiro atoms. The van der Waals surface area contributed by atoms with E-state index in [1.54, 1.807) is 42.5 Å². The summed E-state index contributed by atoms with van der Waals surface area (Å²) in [5.41, 5.74) is 4.95. The van der Waals surface area contributed by atoms with E-state index in [2.05, 4.69) is 23.2 Å². The van der Waals surface area contributed by atoms with Gasteiger partial charge in [-0.25, -0.2) is 4.98 Å². The van der Waals surface area contributed by atoms with Crippen LogP contribution in [-0.4, -0.2) is 37.6 Å². The Labute approximate surface area is 211 Å². The van der Waals surface area contributed by atoms with Gasteiger partial charge in [-0.05, 0) is 42.5 Å². The van der Waals surface area contributed by atoms with Gasteiger partial charge in [0, 0.05) is 41.7 Å². The molecule has 0 radical (unpaired) electrons. The summed E-state index contributed by atoms with van der Waals surface area (Å²) in [6, 6.07) is 24.3. The Morgan fingerprint density at radius 2 is 1.78 bits per heavy atom. The fourth-order valence-electron chi connectivity index (χ4n) is 4.72.